The summed E-state index contributed by atoms with van der Waals surface area (Å²) in [4.78, 5) is 17.9. The molecule has 0 unspecified atom stereocenters. The first kappa shape index (κ1) is 21.3. The van der Waals surface area contributed by atoms with Crippen molar-refractivity contribution < 1.29 is 5.11 Å². The summed E-state index contributed by atoms with van der Waals surface area (Å²) in [5, 5.41) is 11.2. The molecule has 0 spiro atoms. The third-order valence-corrected chi connectivity index (χ3v) is 7.36. The van der Waals surface area contributed by atoms with Gasteiger partial charge in [0, 0.05) is 18.5 Å². The third kappa shape index (κ3) is 3.38. The van der Waals surface area contributed by atoms with Crippen LogP contribution in [0, 0.1) is 5.92 Å². The molecule has 1 fully saturated rings. The van der Waals surface area contributed by atoms with E-state index >= 15 is 0 Å². The summed E-state index contributed by atoms with van der Waals surface area (Å²) in [5.41, 5.74) is 10.0. The van der Waals surface area contributed by atoms with Crippen molar-refractivity contribution in [3.63, 3.8) is 0 Å². The molecule has 0 atom stereocenters. The summed E-state index contributed by atoms with van der Waals surface area (Å²) >= 11 is 12.3. The monoisotopic (exact) mass is 470 g/mol. The quantitative estimate of drug-likeness (QED) is 0.427. The van der Waals surface area contributed by atoms with Crippen molar-refractivity contribution >= 4 is 45.1 Å². The number of phenolic OH excluding ortho intramolecular Hbond substituents is 1. The van der Waals surface area contributed by atoms with E-state index < -0.39 is 0 Å². The van der Waals surface area contributed by atoms with Crippen LogP contribution in [0.25, 0.3) is 33.1 Å². The third-order valence-electron chi connectivity index (χ3n) is 6.78. The van der Waals surface area contributed by atoms with Crippen LogP contribution in [-0.2, 0) is 7.05 Å². The number of phenols is 1. The molecule has 6 nitrogen and oxygen atoms in total. The van der Waals surface area contributed by atoms with E-state index in [0.717, 1.165) is 58.7 Å². The van der Waals surface area contributed by atoms with Gasteiger partial charge in [-0.1, -0.05) is 29.3 Å². The van der Waals surface area contributed by atoms with Crippen molar-refractivity contribution in [3.05, 3.63) is 57.1 Å². The molecule has 1 aliphatic carbocycles. The molecule has 0 amide bonds. The molecule has 8 heteroatoms. The molecule has 2 aromatic heterocycles. The molecule has 5 rings (SSSR count). The van der Waals surface area contributed by atoms with Crippen molar-refractivity contribution in [2.24, 2.45) is 18.7 Å². The first-order valence-corrected chi connectivity index (χ1v) is 11.5. The second-order valence-corrected chi connectivity index (χ2v) is 9.45. The molecule has 4 aromatic rings. The summed E-state index contributed by atoms with van der Waals surface area (Å²) in [5.74, 6) is 0.401. The predicted molar refractivity (Wildman–Crippen MR) is 130 cm³/mol. The van der Waals surface area contributed by atoms with Gasteiger partial charge in [-0.25, -0.2) is 4.79 Å². The maximum Gasteiger partial charge on any atom is 0.329 e. The van der Waals surface area contributed by atoms with E-state index in [0.29, 0.717) is 12.5 Å². The molecule has 32 heavy (non-hydrogen) atoms. The van der Waals surface area contributed by atoms with Crippen LogP contribution in [-0.4, -0.2) is 25.8 Å². The molecule has 1 aliphatic rings. The number of pyridine rings is 1. The number of aromatic hydroxyl groups is 1. The van der Waals surface area contributed by atoms with Crippen molar-refractivity contribution in [1.82, 2.24) is 14.1 Å². The lowest BCUT2D eigenvalue weighted by Crippen LogP contribution is -2.30. The zero-order chi connectivity index (χ0) is 22.6. The first-order chi connectivity index (χ1) is 15.4. The van der Waals surface area contributed by atoms with E-state index in [2.05, 4.69) is 4.98 Å². The average Bonchev–Trinajstić information content (AvgIpc) is 3.07. The fraction of sp³-hybridized carbons (Fsp3) is 0.333. The number of halogens is 2. The Balaban J connectivity index is 1.73. The fourth-order valence-corrected chi connectivity index (χ4v) is 5.40. The van der Waals surface area contributed by atoms with Crippen molar-refractivity contribution in [2.75, 3.05) is 6.54 Å². The number of benzene rings is 2. The summed E-state index contributed by atoms with van der Waals surface area (Å²) in [6, 6.07) is 9.41. The lowest BCUT2D eigenvalue weighted by molar-refractivity contribution is 0.279. The molecule has 0 aliphatic heterocycles. The number of aromatic nitrogens is 3. The summed E-state index contributed by atoms with van der Waals surface area (Å²) < 4.78 is 3.63. The normalized spacial score (nSPS) is 19.1. The Morgan fingerprint density at radius 3 is 2.44 bits per heavy atom. The molecule has 0 radical (unpaired) electrons. The molecule has 2 aromatic carbocycles. The Hall–Kier alpha value is -2.54. The zero-order valence-electron chi connectivity index (χ0n) is 17.7. The molecular weight excluding hydrogens is 447 g/mol. The Kier molecular flexibility index (Phi) is 5.40. The molecule has 2 heterocycles. The summed E-state index contributed by atoms with van der Waals surface area (Å²) in [6.45, 7) is 0.700. The van der Waals surface area contributed by atoms with Gasteiger partial charge in [-0.15, -0.1) is 0 Å². The van der Waals surface area contributed by atoms with Crippen LogP contribution >= 0.6 is 23.2 Å². The van der Waals surface area contributed by atoms with Crippen LogP contribution < -0.4 is 11.4 Å². The van der Waals surface area contributed by atoms with Gasteiger partial charge in [0.2, 0.25) is 0 Å². The lowest BCUT2D eigenvalue weighted by atomic mass is 9.86. The fourth-order valence-electron chi connectivity index (χ4n) is 4.92. The predicted octanol–water partition coefficient (Wildman–Crippen LogP) is 5.26. The van der Waals surface area contributed by atoms with Crippen LogP contribution in [0.3, 0.4) is 0 Å². The van der Waals surface area contributed by atoms with Crippen LogP contribution in [0.1, 0.15) is 31.7 Å². The number of nitrogens with zero attached hydrogens (tertiary/aromatic N) is 3. The topological polar surface area (TPSA) is 86.1 Å². The minimum Gasteiger partial charge on any atom is -0.505 e. The summed E-state index contributed by atoms with van der Waals surface area (Å²) in [7, 11) is 1.80. The largest absolute Gasteiger partial charge is 0.505 e. The van der Waals surface area contributed by atoms with Gasteiger partial charge in [-0.05, 0) is 73.5 Å². The van der Waals surface area contributed by atoms with Crippen LogP contribution in [0.5, 0.6) is 5.75 Å². The first-order valence-electron chi connectivity index (χ1n) is 10.8. The second-order valence-electron chi connectivity index (χ2n) is 8.63. The van der Waals surface area contributed by atoms with E-state index in [1.54, 1.807) is 29.9 Å². The Morgan fingerprint density at radius 2 is 1.78 bits per heavy atom. The van der Waals surface area contributed by atoms with Crippen molar-refractivity contribution in [1.29, 1.82) is 0 Å². The van der Waals surface area contributed by atoms with E-state index in [4.69, 9.17) is 28.9 Å². The number of rotatable bonds is 3. The highest BCUT2D eigenvalue weighted by Crippen LogP contribution is 2.39. The number of aryl methyl sites for hydroxylation is 1. The average molecular weight is 471 g/mol. The highest BCUT2D eigenvalue weighted by Gasteiger charge is 2.26. The number of fused-ring (bicyclic) bond motifs is 3. The van der Waals surface area contributed by atoms with Crippen LogP contribution in [0.4, 0.5) is 0 Å². The minimum absolute atomic E-state index is 0.0216. The van der Waals surface area contributed by atoms with Gasteiger partial charge < -0.3 is 10.8 Å². The van der Waals surface area contributed by atoms with Gasteiger partial charge in [-0.2, -0.15) is 0 Å². The lowest BCUT2D eigenvalue weighted by Gasteiger charge is -2.28. The molecule has 166 valence electrons. The number of imidazole rings is 1. The SMILES string of the molecule is Cn1c(=O)n(C2CCC(CN)CC2)c2c3cc(-c4cc(Cl)c(O)c(Cl)c4)ccc3ncc21. The van der Waals surface area contributed by atoms with Crippen molar-refractivity contribution in [2.45, 2.75) is 31.7 Å². The van der Waals surface area contributed by atoms with Gasteiger partial charge in [-0.3, -0.25) is 14.1 Å². The standard InChI is InChI=1S/C24H24Cl2N4O2/c1-29-21-12-28-20-7-4-14(15-9-18(25)23(31)19(26)10-15)8-17(20)22(21)30(24(29)32)16-5-2-13(11-27)3-6-16/h4,7-10,12-13,16,31H,2-3,5-6,11,27H2,1H3. The van der Waals surface area contributed by atoms with Crippen LogP contribution in [0.2, 0.25) is 10.0 Å². The van der Waals surface area contributed by atoms with Gasteiger partial charge in [0.1, 0.15) is 0 Å². The van der Waals surface area contributed by atoms with Gasteiger partial charge in [0.25, 0.3) is 0 Å². The Morgan fingerprint density at radius 1 is 1.09 bits per heavy atom. The molecule has 0 bridgehead atoms. The smallest absolute Gasteiger partial charge is 0.329 e. The van der Waals surface area contributed by atoms with Gasteiger partial charge in [0.15, 0.2) is 5.75 Å². The summed E-state index contributed by atoms with van der Waals surface area (Å²) in [6.07, 6.45) is 5.71. The Bertz CT molecular complexity index is 1380. The van der Waals surface area contributed by atoms with E-state index in [1.807, 2.05) is 22.8 Å². The Labute approximate surface area is 195 Å². The molecule has 0 saturated heterocycles. The van der Waals surface area contributed by atoms with Gasteiger partial charge in [0.05, 0.1) is 32.8 Å². The van der Waals surface area contributed by atoms with Crippen LogP contribution in [0.15, 0.2) is 41.3 Å². The van der Waals surface area contributed by atoms with Crippen molar-refractivity contribution in [3.8, 4) is 16.9 Å². The molecular formula is C24H24Cl2N4O2. The number of nitrogens with two attached hydrogens (primary N) is 1. The maximum absolute atomic E-state index is 13.3. The maximum atomic E-state index is 13.3. The zero-order valence-corrected chi connectivity index (χ0v) is 19.2. The molecule has 3 N–H and O–H groups in total. The highest BCUT2D eigenvalue weighted by atomic mass is 35.5. The van der Waals surface area contributed by atoms with E-state index in [9.17, 15) is 9.90 Å². The van der Waals surface area contributed by atoms with Gasteiger partial charge >= 0.3 is 5.69 Å². The molecule has 1 saturated carbocycles. The number of hydrogen-bond donors (Lipinski definition) is 2. The van der Waals surface area contributed by atoms with E-state index in [-0.39, 0.29) is 27.5 Å². The van der Waals surface area contributed by atoms with E-state index in [1.165, 1.54) is 0 Å². The minimum atomic E-state index is -0.132. The second kappa shape index (κ2) is 8.10. The highest BCUT2D eigenvalue weighted by molar-refractivity contribution is 6.37. The number of hydrogen-bond acceptors (Lipinski definition) is 4.